The summed E-state index contributed by atoms with van der Waals surface area (Å²) in [4.78, 5) is 13.8. The highest BCUT2D eigenvalue weighted by Gasteiger charge is 2.22. The molecule has 19 heavy (non-hydrogen) atoms. The van der Waals surface area contributed by atoms with Crippen molar-refractivity contribution >= 4 is 11.6 Å². The highest BCUT2D eigenvalue weighted by atomic mass is 15.2. The zero-order valence-electron chi connectivity index (χ0n) is 12.5. The van der Waals surface area contributed by atoms with Crippen LogP contribution < -0.4 is 10.2 Å². The molecule has 0 unspecified atom stereocenters. The van der Waals surface area contributed by atoms with Crippen molar-refractivity contribution in [3.8, 4) is 0 Å². The smallest absolute Gasteiger partial charge is 0.134 e. The number of aryl methyl sites for hydroxylation is 1. The number of piperidine rings is 1. The molecule has 1 aromatic heterocycles. The van der Waals surface area contributed by atoms with Gasteiger partial charge in [0.25, 0.3) is 0 Å². The van der Waals surface area contributed by atoms with Crippen LogP contribution in [0.25, 0.3) is 0 Å². The summed E-state index contributed by atoms with van der Waals surface area (Å²) in [5, 5.41) is 3.12. The summed E-state index contributed by atoms with van der Waals surface area (Å²) in [7, 11) is 6.24. The highest BCUT2D eigenvalue weighted by molar-refractivity contribution is 5.49. The number of hydrogen-bond acceptors (Lipinski definition) is 5. The van der Waals surface area contributed by atoms with Crippen LogP contribution in [-0.4, -0.2) is 55.1 Å². The van der Waals surface area contributed by atoms with E-state index in [1.807, 2.05) is 7.05 Å². The maximum atomic E-state index is 4.65. The minimum absolute atomic E-state index is 0.701. The first kappa shape index (κ1) is 14.1. The number of hydrogen-bond donors (Lipinski definition) is 1. The lowest BCUT2D eigenvalue weighted by molar-refractivity contribution is 0.249. The van der Waals surface area contributed by atoms with E-state index >= 15 is 0 Å². The lowest BCUT2D eigenvalue weighted by Gasteiger charge is -2.36. The average molecular weight is 263 g/mol. The second-order valence-electron chi connectivity index (χ2n) is 5.31. The normalized spacial score (nSPS) is 17.0. The summed E-state index contributed by atoms with van der Waals surface area (Å²) < 4.78 is 0. The molecule has 1 aromatic rings. The second kappa shape index (κ2) is 6.19. The Hall–Kier alpha value is -1.36. The fraction of sp³-hybridized carbons (Fsp3) is 0.714. The van der Waals surface area contributed by atoms with Crippen LogP contribution >= 0.6 is 0 Å². The van der Waals surface area contributed by atoms with Gasteiger partial charge in [0.2, 0.25) is 0 Å². The summed E-state index contributed by atoms with van der Waals surface area (Å²) in [5.41, 5.74) is 0. The molecule has 5 nitrogen and oxygen atoms in total. The van der Waals surface area contributed by atoms with E-state index in [-0.39, 0.29) is 0 Å². The van der Waals surface area contributed by atoms with E-state index in [1.165, 1.54) is 12.8 Å². The molecule has 1 N–H and O–H groups in total. The zero-order valence-corrected chi connectivity index (χ0v) is 12.5. The van der Waals surface area contributed by atoms with Gasteiger partial charge in [-0.3, -0.25) is 0 Å². The standard InChI is InChI=1S/C14H25N5/c1-5-12-16-13(15-2)10-14(17-12)19-8-6-11(7-9-19)18(3)4/h10-11H,5-9H2,1-4H3,(H,15,16,17). The van der Waals surface area contributed by atoms with Crippen molar-refractivity contribution in [3.05, 3.63) is 11.9 Å². The second-order valence-corrected chi connectivity index (χ2v) is 5.31. The van der Waals surface area contributed by atoms with Crippen molar-refractivity contribution in [3.63, 3.8) is 0 Å². The van der Waals surface area contributed by atoms with Gasteiger partial charge in [-0.1, -0.05) is 6.92 Å². The summed E-state index contributed by atoms with van der Waals surface area (Å²) in [5.74, 6) is 2.89. The van der Waals surface area contributed by atoms with E-state index in [0.717, 1.165) is 37.0 Å². The predicted molar refractivity (Wildman–Crippen MR) is 79.9 cm³/mol. The molecule has 0 radical (unpaired) electrons. The Balaban J connectivity index is 2.10. The van der Waals surface area contributed by atoms with Crippen LogP contribution in [0.1, 0.15) is 25.6 Å². The molecule has 0 aliphatic carbocycles. The number of rotatable bonds is 4. The van der Waals surface area contributed by atoms with Gasteiger partial charge in [0, 0.05) is 38.7 Å². The van der Waals surface area contributed by atoms with Crippen LogP contribution in [0.15, 0.2) is 6.07 Å². The number of nitrogens with one attached hydrogen (secondary N) is 1. The maximum Gasteiger partial charge on any atom is 0.134 e. The Kier molecular flexibility index (Phi) is 4.58. The van der Waals surface area contributed by atoms with Gasteiger partial charge in [0.1, 0.15) is 17.5 Å². The van der Waals surface area contributed by atoms with Crippen LogP contribution in [0.2, 0.25) is 0 Å². The molecule has 1 fully saturated rings. The summed E-state index contributed by atoms with van der Waals surface area (Å²) in [6, 6.07) is 2.75. The Morgan fingerprint density at radius 3 is 2.53 bits per heavy atom. The van der Waals surface area contributed by atoms with Gasteiger partial charge < -0.3 is 15.1 Å². The van der Waals surface area contributed by atoms with Crippen molar-refractivity contribution in [2.24, 2.45) is 0 Å². The molecular weight excluding hydrogens is 238 g/mol. The molecule has 1 aliphatic heterocycles. The zero-order chi connectivity index (χ0) is 13.8. The van der Waals surface area contributed by atoms with Gasteiger partial charge in [-0.05, 0) is 26.9 Å². The van der Waals surface area contributed by atoms with Crippen molar-refractivity contribution in [1.82, 2.24) is 14.9 Å². The average Bonchev–Trinajstić information content (AvgIpc) is 2.46. The van der Waals surface area contributed by atoms with E-state index in [1.54, 1.807) is 0 Å². The number of aromatic nitrogens is 2. The Morgan fingerprint density at radius 2 is 2.00 bits per heavy atom. The number of nitrogens with zero attached hydrogens (tertiary/aromatic N) is 4. The SMILES string of the molecule is CCc1nc(NC)cc(N2CCC(N(C)C)CC2)n1. The van der Waals surface area contributed by atoms with Crippen LogP contribution in [0.3, 0.4) is 0 Å². The molecule has 1 aliphatic rings. The van der Waals surface area contributed by atoms with E-state index in [2.05, 4.69) is 52.2 Å². The third kappa shape index (κ3) is 3.35. The molecule has 0 amide bonds. The van der Waals surface area contributed by atoms with Gasteiger partial charge in [0.15, 0.2) is 0 Å². The summed E-state index contributed by atoms with van der Waals surface area (Å²) >= 11 is 0. The maximum absolute atomic E-state index is 4.65. The quantitative estimate of drug-likeness (QED) is 0.894. The van der Waals surface area contributed by atoms with E-state index < -0.39 is 0 Å². The van der Waals surface area contributed by atoms with Gasteiger partial charge in [-0.15, -0.1) is 0 Å². The molecule has 2 rings (SSSR count). The first-order valence-electron chi connectivity index (χ1n) is 7.11. The minimum Gasteiger partial charge on any atom is -0.373 e. The molecule has 0 saturated carbocycles. The Labute approximate surface area is 116 Å². The molecule has 5 heteroatoms. The molecular formula is C14H25N5. The van der Waals surface area contributed by atoms with Gasteiger partial charge in [-0.25, -0.2) is 9.97 Å². The summed E-state index contributed by atoms with van der Waals surface area (Å²) in [6.45, 7) is 4.25. The van der Waals surface area contributed by atoms with Gasteiger partial charge in [-0.2, -0.15) is 0 Å². The third-order valence-corrected chi connectivity index (χ3v) is 3.85. The Bertz CT molecular complexity index is 388. The topological polar surface area (TPSA) is 44.3 Å². The summed E-state index contributed by atoms with van der Waals surface area (Å²) in [6.07, 6.45) is 3.28. The fourth-order valence-electron chi connectivity index (χ4n) is 2.54. The molecule has 2 heterocycles. The highest BCUT2D eigenvalue weighted by Crippen LogP contribution is 2.22. The monoisotopic (exact) mass is 263 g/mol. The van der Waals surface area contributed by atoms with E-state index in [0.29, 0.717) is 6.04 Å². The molecule has 0 aromatic carbocycles. The van der Waals surface area contributed by atoms with E-state index in [9.17, 15) is 0 Å². The predicted octanol–water partition coefficient (Wildman–Crippen LogP) is 1.61. The van der Waals surface area contributed by atoms with E-state index in [4.69, 9.17) is 0 Å². The third-order valence-electron chi connectivity index (χ3n) is 3.85. The van der Waals surface area contributed by atoms with Crippen LogP contribution in [0.5, 0.6) is 0 Å². The lowest BCUT2D eigenvalue weighted by Crippen LogP contribution is -2.42. The Morgan fingerprint density at radius 1 is 1.32 bits per heavy atom. The van der Waals surface area contributed by atoms with Crippen molar-refractivity contribution in [2.75, 3.05) is 44.4 Å². The molecule has 106 valence electrons. The molecule has 0 spiro atoms. The van der Waals surface area contributed by atoms with Crippen molar-refractivity contribution in [1.29, 1.82) is 0 Å². The lowest BCUT2D eigenvalue weighted by atomic mass is 10.0. The molecule has 1 saturated heterocycles. The van der Waals surface area contributed by atoms with Crippen molar-refractivity contribution < 1.29 is 0 Å². The van der Waals surface area contributed by atoms with Crippen molar-refractivity contribution in [2.45, 2.75) is 32.2 Å². The van der Waals surface area contributed by atoms with Gasteiger partial charge in [0.05, 0.1) is 0 Å². The van der Waals surface area contributed by atoms with Gasteiger partial charge >= 0.3 is 0 Å². The number of anilines is 2. The minimum atomic E-state index is 0.701. The first-order valence-corrected chi connectivity index (χ1v) is 7.11. The van der Waals surface area contributed by atoms with Crippen LogP contribution in [-0.2, 0) is 6.42 Å². The molecule has 0 bridgehead atoms. The molecule has 0 atom stereocenters. The fourth-order valence-corrected chi connectivity index (χ4v) is 2.54. The largest absolute Gasteiger partial charge is 0.373 e. The first-order chi connectivity index (χ1) is 9.13. The van der Waals surface area contributed by atoms with Crippen LogP contribution in [0, 0.1) is 0 Å². The van der Waals surface area contributed by atoms with Crippen LogP contribution in [0.4, 0.5) is 11.6 Å².